The van der Waals surface area contributed by atoms with Crippen LogP contribution >= 0.6 is 0 Å². The molecule has 8 heteroatoms. The molecule has 2 aliphatic heterocycles. The van der Waals surface area contributed by atoms with Gasteiger partial charge >= 0.3 is 0 Å². The molecule has 2 fully saturated rings. The molecule has 1 unspecified atom stereocenters. The number of likely N-dealkylation sites (tertiary alicyclic amines) is 1. The van der Waals surface area contributed by atoms with Gasteiger partial charge in [-0.3, -0.25) is 9.20 Å². The van der Waals surface area contributed by atoms with Gasteiger partial charge in [0.25, 0.3) is 0 Å². The van der Waals surface area contributed by atoms with E-state index in [4.69, 9.17) is 0 Å². The molecular weight excluding hydrogens is 414 g/mol. The van der Waals surface area contributed by atoms with Crippen molar-refractivity contribution in [3.05, 3.63) is 61.3 Å². The van der Waals surface area contributed by atoms with Crippen molar-refractivity contribution in [3.8, 4) is 0 Å². The molecule has 0 radical (unpaired) electrons. The number of piperidine rings is 1. The molecule has 8 nitrogen and oxygen atoms in total. The molecule has 0 bridgehead atoms. The highest BCUT2D eigenvalue weighted by Gasteiger charge is 2.26. The van der Waals surface area contributed by atoms with Gasteiger partial charge in [0.05, 0.1) is 24.1 Å². The average molecular weight is 446 g/mol. The van der Waals surface area contributed by atoms with Crippen LogP contribution < -0.4 is 10.2 Å². The van der Waals surface area contributed by atoms with Crippen LogP contribution in [0.5, 0.6) is 0 Å². The van der Waals surface area contributed by atoms with Gasteiger partial charge in [-0.15, -0.1) is 0 Å². The van der Waals surface area contributed by atoms with Crippen LogP contribution in [-0.4, -0.2) is 76.4 Å². The smallest absolute Gasteiger partial charge is 0.245 e. The number of nitrogens with one attached hydrogen (secondary N) is 1. The molecule has 0 spiro atoms. The second-order valence-electron chi connectivity index (χ2n) is 8.97. The van der Waals surface area contributed by atoms with Gasteiger partial charge in [0.2, 0.25) is 5.91 Å². The Bertz CT molecular complexity index is 1130. The van der Waals surface area contributed by atoms with Crippen molar-refractivity contribution in [2.45, 2.75) is 18.8 Å². The Hall–Kier alpha value is -3.39. The standard InChI is InChI=1S/C25H31N7O/c1-3-24(33)31-10-4-5-19(17-31)25-27-16-22-15-26-23(18-32(22)25)28-20-6-8-21(9-7-20)30-13-11-29(2)12-14-30/h3,6-9,15-16,18-19,28H,1,4-5,10-14,17H2,2H3. The van der Waals surface area contributed by atoms with Crippen molar-refractivity contribution in [1.82, 2.24) is 24.2 Å². The maximum atomic E-state index is 12.1. The van der Waals surface area contributed by atoms with Crippen molar-refractivity contribution in [2.24, 2.45) is 0 Å². The number of likely N-dealkylation sites (N-methyl/N-ethyl adjacent to an activating group) is 1. The zero-order valence-corrected chi connectivity index (χ0v) is 19.2. The van der Waals surface area contributed by atoms with Gasteiger partial charge < -0.3 is 20.0 Å². The molecule has 0 saturated carbocycles. The Kier molecular flexibility index (Phi) is 6.00. The van der Waals surface area contributed by atoms with Crippen LogP contribution in [0.15, 0.2) is 55.5 Å². The summed E-state index contributed by atoms with van der Waals surface area (Å²) in [6, 6.07) is 8.55. The molecule has 1 N–H and O–H groups in total. The maximum absolute atomic E-state index is 12.1. The fourth-order valence-corrected chi connectivity index (χ4v) is 4.77. The third-order valence-corrected chi connectivity index (χ3v) is 6.72. The van der Waals surface area contributed by atoms with E-state index >= 15 is 0 Å². The van der Waals surface area contributed by atoms with E-state index in [9.17, 15) is 4.79 Å². The van der Waals surface area contributed by atoms with E-state index in [1.165, 1.54) is 11.8 Å². The summed E-state index contributed by atoms with van der Waals surface area (Å²) in [5.74, 6) is 1.93. The van der Waals surface area contributed by atoms with Crippen LogP contribution in [0.2, 0.25) is 0 Å². The van der Waals surface area contributed by atoms with E-state index in [1.54, 1.807) is 0 Å². The third-order valence-electron chi connectivity index (χ3n) is 6.72. The van der Waals surface area contributed by atoms with Gasteiger partial charge in [-0.2, -0.15) is 0 Å². The molecule has 1 atom stereocenters. The normalized spacial score (nSPS) is 19.6. The fourth-order valence-electron chi connectivity index (χ4n) is 4.77. The van der Waals surface area contributed by atoms with Crippen molar-refractivity contribution in [3.63, 3.8) is 0 Å². The number of hydrogen-bond acceptors (Lipinski definition) is 6. The number of piperazine rings is 1. The van der Waals surface area contributed by atoms with E-state index in [0.29, 0.717) is 6.54 Å². The first-order valence-corrected chi connectivity index (χ1v) is 11.7. The Morgan fingerprint density at radius 1 is 1.09 bits per heavy atom. The minimum absolute atomic E-state index is 0.00963. The zero-order valence-electron chi connectivity index (χ0n) is 19.2. The number of fused-ring (bicyclic) bond motifs is 1. The largest absolute Gasteiger partial charge is 0.369 e. The Labute approximate surface area is 194 Å². The van der Waals surface area contributed by atoms with Gasteiger partial charge in [-0.05, 0) is 50.2 Å². The fraction of sp³-hybridized carbons (Fsp3) is 0.400. The molecule has 1 aromatic carbocycles. The summed E-state index contributed by atoms with van der Waals surface area (Å²) in [5.41, 5.74) is 3.21. The molecule has 5 rings (SSSR count). The number of hydrogen-bond donors (Lipinski definition) is 1. The predicted molar refractivity (Wildman–Crippen MR) is 131 cm³/mol. The molecular formula is C25H31N7O. The lowest BCUT2D eigenvalue weighted by molar-refractivity contribution is -0.127. The number of benzene rings is 1. The summed E-state index contributed by atoms with van der Waals surface area (Å²) >= 11 is 0. The summed E-state index contributed by atoms with van der Waals surface area (Å²) < 4.78 is 2.10. The third kappa shape index (κ3) is 4.57. The molecule has 33 heavy (non-hydrogen) atoms. The lowest BCUT2D eigenvalue weighted by Crippen LogP contribution is -2.44. The summed E-state index contributed by atoms with van der Waals surface area (Å²) in [4.78, 5) is 28.0. The molecule has 172 valence electrons. The minimum atomic E-state index is -0.00963. The molecule has 2 saturated heterocycles. The molecule has 4 heterocycles. The summed E-state index contributed by atoms with van der Waals surface area (Å²) in [6.07, 6.45) is 9.07. The van der Waals surface area contributed by atoms with Gasteiger partial charge in [0.15, 0.2) is 0 Å². The second kappa shape index (κ2) is 9.23. The van der Waals surface area contributed by atoms with Crippen LogP contribution in [0.1, 0.15) is 24.6 Å². The number of amides is 1. The Morgan fingerprint density at radius 2 is 1.85 bits per heavy atom. The Morgan fingerprint density at radius 3 is 2.61 bits per heavy atom. The number of carbonyl (C=O) groups excluding carboxylic acids is 1. The van der Waals surface area contributed by atoms with Crippen molar-refractivity contribution in [1.29, 1.82) is 0 Å². The van der Waals surface area contributed by atoms with Crippen molar-refractivity contribution in [2.75, 3.05) is 56.5 Å². The van der Waals surface area contributed by atoms with E-state index in [-0.39, 0.29) is 11.8 Å². The predicted octanol–water partition coefficient (Wildman–Crippen LogP) is 3.12. The molecule has 1 amide bonds. The summed E-state index contributed by atoms with van der Waals surface area (Å²) in [7, 11) is 2.17. The van der Waals surface area contributed by atoms with E-state index < -0.39 is 0 Å². The summed E-state index contributed by atoms with van der Waals surface area (Å²) in [6.45, 7) is 9.38. The molecule has 2 aromatic heterocycles. The topological polar surface area (TPSA) is 69.0 Å². The van der Waals surface area contributed by atoms with Crippen LogP contribution in [0, 0.1) is 0 Å². The lowest BCUT2D eigenvalue weighted by atomic mass is 9.97. The monoisotopic (exact) mass is 445 g/mol. The average Bonchev–Trinajstić information content (AvgIpc) is 3.28. The van der Waals surface area contributed by atoms with E-state index in [1.807, 2.05) is 23.5 Å². The number of aromatic nitrogens is 3. The first kappa shape index (κ1) is 21.5. The highest BCUT2D eigenvalue weighted by molar-refractivity contribution is 5.87. The Balaban J connectivity index is 1.31. The van der Waals surface area contributed by atoms with E-state index in [2.05, 4.69) is 67.4 Å². The van der Waals surface area contributed by atoms with Gasteiger partial charge in [-0.25, -0.2) is 9.97 Å². The number of carbonyl (C=O) groups is 1. The number of nitrogens with zero attached hydrogens (tertiary/aromatic N) is 6. The highest BCUT2D eigenvalue weighted by atomic mass is 16.2. The van der Waals surface area contributed by atoms with Gasteiger partial charge in [0, 0.05) is 56.6 Å². The lowest BCUT2D eigenvalue weighted by Gasteiger charge is -2.34. The maximum Gasteiger partial charge on any atom is 0.245 e. The van der Waals surface area contributed by atoms with Crippen LogP contribution in [0.3, 0.4) is 0 Å². The van der Waals surface area contributed by atoms with Crippen LogP contribution in [-0.2, 0) is 4.79 Å². The van der Waals surface area contributed by atoms with Crippen LogP contribution in [0.4, 0.5) is 17.2 Å². The quantitative estimate of drug-likeness (QED) is 0.609. The number of rotatable bonds is 5. The summed E-state index contributed by atoms with van der Waals surface area (Å²) in [5, 5.41) is 3.43. The van der Waals surface area contributed by atoms with E-state index in [0.717, 1.165) is 68.4 Å². The van der Waals surface area contributed by atoms with Crippen molar-refractivity contribution < 1.29 is 4.79 Å². The SMILES string of the molecule is C=CC(=O)N1CCCC(c2ncc3cnc(Nc4ccc(N5CCN(C)CC5)cc4)cn23)C1. The second-order valence-corrected chi connectivity index (χ2v) is 8.97. The minimum Gasteiger partial charge on any atom is -0.369 e. The molecule has 2 aliphatic rings. The first-order chi connectivity index (χ1) is 16.1. The van der Waals surface area contributed by atoms with Gasteiger partial charge in [-0.1, -0.05) is 6.58 Å². The number of imidazole rings is 1. The van der Waals surface area contributed by atoms with Crippen LogP contribution in [0.25, 0.3) is 5.52 Å². The number of anilines is 3. The van der Waals surface area contributed by atoms with Crippen molar-refractivity contribution >= 4 is 28.6 Å². The first-order valence-electron chi connectivity index (χ1n) is 11.7. The zero-order chi connectivity index (χ0) is 22.8. The van der Waals surface area contributed by atoms with Gasteiger partial charge in [0.1, 0.15) is 11.6 Å². The molecule has 3 aromatic rings. The highest BCUT2D eigenvalue weighted by Crippen LogP contribution is 2.28. The molecule has 0 aliphatic carbocycles.